The molecule has 0 saturated carbocycles. The lowest BCUT2D eigenvalue weighted by Crippen LogP contribution is -2.11. The number of para-hydroxylation sites is 1. The minimum absolute atomic E-state index is 0.00940. The molecule has 0 fully saturated rings. The molecule has 0 unspecified atom stereocenters. The number of benzene rings is 7. The third-order valence-electron chi connectivity index (χ3n) is 13.5. The molecule has 3 aromatic heterocycles. The van der Waals surface area contributed by atoms with Crippen LogP contribution in [0.4, 0.5) is 27.6 Å². The average Bonchev–Trinajstić information content (AvgIpc) is 4.24. The Kier molecular flexibility index (Phi) is 16.7. The highest BCUT2D eigenvalue weighted by Gasteiger charge is 2.23. The van der Waals surface area contributed by atoms with Crippen LogP contribution in [0.15, 0.2) is 140 Å². The zero-order chi connectivity index (χ0) is 57.6. The highest BCUT2D eigenvalue weighted by Crippen LogP contribution is 2.37. The molecular weight excluding hydrogens is 1090 g/mol. The molecule has 0 aliphatic rings. The van der Waals surface area contributed by atoms with Crippen LogP contribution in [-0.4, -0.2) is 73.7 Å². The smallest absolute Gasteiger partial charge is 0.359 e. The van der Waals surface area contributed by atoms with Gasteiger partial charge in [-0.05, 0) is 106 Å². The van der Waals surface area contributed by atoms with E-state index >= 15 is 17.6 Å². The molecule has 0 radical (unpaired) electrons. The number of methoxy groups -OCH3 is 2. The Hall–Kier alpha value is -9.48. The molecule has 10 aromatic rings. The highest BCUT2D eigenvalue weighted by molar-refractivity contribution is 6.30. The third kappa shape index (κ3) is 12.3. The Balaban J connectivity index is 0.876. The first-order valence-electron chi connectivity index (χ1n) is 25.4. The summed E-state index contributed by atoms with van der Waals surface area (Å²) in [5, 5.41) is 19.4. The van der Waals surface area contributed by atoms with E-state index in [1.165, 1.54) is 80.0 Å². The summed E-state index contributed by atoms with van der Waals surface area (Å²) < 4.78 is 105. The fourth-order valence-corrected chi connectivity index (χ4v) is 9.48. The molecule has 0 saturated heterocycles. The second kappa shape index (κ2) is 24.5. The zero-order valence-corrected chi connectivity index (χ0v) is 44.5. The van der Waals surface area contributed by atoms with Crippen molar-refractivity contribution in [3.8, 4) is 40.0 Å². The van der Waals surface area contributed by atoms with Gasteiger partial charge in [0.25, 0.3) is 0 Å². The van der Waals surface area contributed by atoms with Gasteiger partial charge in [-0.3, -0.25) is 0 Å². The monoisotopic (exact) mass is 1130 g/mol. The first-order valence-corrected chi connectivity index (χ1v) is 25.8. The lowest BCUT2D eigenvalue weighted by Gasteiger charge is -2.14. The van der Waals surface area contributed by atoms with Crippen LogP contribution in [0.5, 0.6) is 11.6 Å². The average molecular weight is 1130 g/mol. The molecule has 0 atom stereocenters. The van der Waals surface area contributed by atoms with Gasteiger partial charge in [0.1, 0.15) is 71.5 Å². The molecule has 0 spiro atoms. The van der Waals surface area contributed by atoms with Gasteiger partial charge < -0.3 is 38.3 Å². The van der Waals surface area contributed by atoms with E-state index in [1.807, 2.05) is 4.57 Å². The molecule has 0 aliphatic carbocycles. The molecule has 20 heteroatoms. The lowest BCUT2D eigenvalue weighted by atomic mass is 10.0. The van der Waals surface area contributed by atoms with Crippen molar-refractivity contribution in [2.75, 3.05) is 27.4 Å². The second-order valence-electron chi connectivity index (χ2n) is 18.8. The number of carboxylic acids is 2. The van der Waals surface area contributed by atoms with Crippen molar-refractivity contribution in [2.24, 2.45) is 0 Å². The van der Waals surface area contributed by atoms with Crippen molar-refractivity contribution in [3.63, 3.8) is 0 Å². The van der Waals surface area contributed by atoms with E-state index in [0.717, 1.165) is 18.2 Å². The Bertz CT molecular complexity index is 4160. The van der Waals surface area contributed by atoms with Crippen LogP contribution < -0.4 is 9.47 Å². The maximum Gasteiger partial charge on any atom is 0.359 e. The van der Waals surface area contributed by atoms with Crippen LogP contribution in [-0.2, 0) is 48.6 Å². The molecular formula is C62H47ClF5N6O8+. The fraction of sp³-hybridized carbons (Fsp3) is 0.161. The number of hydrogen-bond acceptors (Lipinski definition) is 9. The number of carbonyl (C=O) groups is 2. The second-order valence-corrected chi connectivity index (χ2v) is 19.3. The minimum atomic E-state index is -1.15. The van der Waals surface area contributed by atoms with Gasteiger partial charge in [-0.2, -0.15) is 0 Å². The van der Waals surface area contributed by atoms with E-state index in [2.05, 4.69) is 25.9 Å². The van der Waals surface area contributed by atoms with Crippen molar-refractivity contribution in [1.82, 2.24) is 24.1 Å². The van der Waals surface area contributed by atoms with Crippen molar-refractivity contribution in [1.29, 1.82) is 0 Å². The molecule has 414 valence electrons. The van der Waals surface area contributed by atoms with Crippen molar-refractivity contribution < 1.29 is 60.7 Å². The number of aromatic nitrogens is 5. The van der Waals surface area contributed by atoms with E-state index in [1.54, 1.807) is 60.2 Å². The number of fused-ring (bicyclic) bond motifs is 2. The lowest BCUT2D eigenvalue weighted by molar-refractivity contribution is 0.0686. The van der Waals surface area contributed by atoms with E-state index in [-0.39, 0.29) is 106 Å². The van der Waals surface area contributed by atoms with Gasteiger partial charge in [0.15, 0.2) is 0 Å². The molecule has 2 N–H and O–H groups in total. The third-order valence-corrected chi connectivity index (χ3v) is 13.8. The Morgan fingerprint density at radius 1 is 0.598 bits per heavy atom. The number of ether oxygens (including phenoxy) is 4. The van der Waals surface area contributed by atoms with Gasteiger partial charge in [-0.15, -0.1) is 0 Å². The Labute approximate surface area is 470 Å². The molecule has 10 rings (SSSR count). The summed E-state index contributed by atoms with van der Waals surface area (Å²) in [4.78, 5) is 41.5. The molecule has 0 amide bonds. The number of pyridine rings is 1. The first-order chi connectivity index (χ1) is 39.6. The highest BCUT2D eigenvalue weighted by atomic mass is 35.5. The zero-order valence-electron chi connectivity index (χ0n) is 43.7. The summed E-state index contributed by atoms with van der Waals surface area (Å²) in [5.41, 5.74) is 3.93. The molecule has 82 heavy (non-hydrogen) atoms. The molecule has 14 nitrogen and oxygen atoms in total. The maximum absolute atomic E-state index is 16.3. The van der Waals surface area contributed by atoms with Crippen LogP contribution in [0.25, 0.3) is 49.2 Å². The fourth-order valence-electron chi connectivity index (χ4n) is 9.32. The number of aromatic carboxylic acids is 2. The van der Waals surface area contributed by atoms with Crippen molar-refractivity contribution in [3.05, 3.63) is 229 Å². The molecule has 0 aliphatic heterocycles. The van der Waals surface area contributed by atoms with Gasteiger partial charge in [0.05, 0.1) is 52.0 Å². The van der Waals surface area contributed by atoms with E-state index < -0.39 is 41.0 Å². The number of hydrogen-bond donors (Lipinski definition) is 2. The summed E-state index contributed by atoms with van der Waals surface area (Å²) in [6.07, 6.45) is 1.09. The maximum atomic E-state index is 16.3. The van der Waals surface area contributed by atoms with Crippen LogP contribution in [0.3, 0.4) is 0 Å². The van der Waals surface area contributed by atoms with Crippen LogP contribution in [0.2, 0.25) is 5.02 Å². The summed E-state index contributed by atoms with van der Waals surface area (Å²) in [6, 6.07) is 35.4. The molecule has 0 bridgehead atoms. The SMILES string of the molecule is COCCn1c(Cc2ccc(-c3ccccc3OCc3ccc(C#[N+]c4cnc(OCc5ccc(Cl)cc5F)c(-c5cc(F)c(Cc6nc7ccc(C(=O)O)cc7n6CCOC)c(F)c5)c4)cc3F)cc2F)nc2ccc(C(=O)O)cc21. The number of imidazole rings is 2. The predicted molar refractivity (Wildman–Crippen MR) is 297 cm³/mol. The van der Waals surface area contributed by atoms with Crippen LogP contribution in [0.1, 0.15) is 60.2 Å². The summed E-state index contributed by atoms with van der Waals surface area (Å²) in [7, 11) is 3.04. The van der Waals surface area contributed by atoms with E-state index in [4.69, 9.17) is 30.5 Å². The summed E-state index contributed by atoms with van der Waals surface area (Å²) >= 11 is 5.96. The quantitative estimate of drug-likeness (QED) is 0.0698. The first kappa shape index (κ1) is 55.8. The van der Waals surface area contributed by atoms with Crippen molar-refractivity contribution in [2.45, 2.75) is 39.1 Å². The Morgan fingerprint density at radius 3 is 1.78 bits per heavy atom. The van der Waals surface area contributed by atoms with Crippen molar-refractivity contribution >= 4 is 51.3 Å². The van der Waals surface area contributed by atoms with Crippen LogP contribution in [0, 0.1) is 35.2 Å². The topological polar surface area (TPSA) is 164 Å². The van der Waals surface area contributed by atoms with Gasteiger partial charge in [0.2, 0.25) is 5.88 Å². The summed E-state index contributed by atoms with van der Waals surface area (Å²) in [6.45, 7) is 0.572. The minimum Gasteiger partial charge on any atom is -0.488 e. The van der Waals surface area contributed by atoms with E-state index in [0.29, 0.717) is 63.5 Å². The number of nitrogens with zero attached hydrogens (tertiary/aromatic N) is 6. The number of carboxylic acid groups (broad SMARTS) is 2. The van der Waals surface area contributed by atoms with Gasteiger partial charge in [0, 0.05) is 73.5 Å². The Morgan fingerprint density at radius 2 is 1.17 bits per heavy atom. The summed E-state index contributed by atoms with van der Waals surface area (Å²) in [5.74, 6) is -4.90. The largest absolute Gasteiger partial charge is 0.488 e. The van der Waals surface area contributed by atoms with Gasteiger partial charge in [-0.25, -0.2) is 46.5 Å². The van der Waals surface area contributed by atoms with E-state index in [9.17, 15) is 24.2 Å². The van der Waals surface area contributed by atoms with Crippen LogP contribution >= 0.6 is 11.6 Å². The molecule has 7 aromatic carbocycles. The number of rotatable bonds is 20. The number of halogens is 6. The normalized spacial score (nSPS) is 11.3. The predicted octanol–water partition coefficient (Wildman–Crippen LogP) is 13.5. The standard InChI is InChI=1S/C62H46ClF5N6O8/c1-79-19-17-73-55-25-38(61(75)76)12-15-53(55)71-58(73)27-37-10-9-36(22-49(37)65)45-5-3-4-6-57(45)81-33-40-8-7-35(21-48(40)64)31-69-44-29-46(60(70-32-44)82-34-41-11-14-43(63)28-50(41)66)42-23-51(67)47(52(68)24-42)30-59-72-54-16-13-39(62(77)78)26-56(54)74(59)18-20-80-2/h3-16,21-26,28-29,32H,17-20,27,30,33-34H2,1-2H3,(H-,75,76,77,78)/p+1. The van der Waals surface area contributed by atoms with Gasteiger partial charge in [-0.1, -0.05) is 54.1 Å². The van der Waals surface area contributed by atoms with Gasteiger partial charge >= 0.3 is 23.7 Å². The molecule has 3 heterocycles.